The van der Waals surface area contributed by atoms with Crippen molar-refractivity contribution >= 4 is 28.6 Å². The quantitative estimate of drug-likeness (QED) is 0.331. The van der Waals surface area contributed by atoms with Crippen molar-refractivity contribution in [2.24, 2.45) is 5.73 Å². The zero-order valence-corrected chi connectivity index (χ0v) is 17.4. The molecule has 0 fully saturated rings. The van der Waals surface area contributed by atoms with Crippen LogP contribution in [0.3, 0.4) is 0 Å². The molecule has 7 heteroatoms. The highest BCUT2D eigenvalue weighted by Gasteiger charge is 2.23. The standard InChI is InChI=1S/C22H25N3O3S/c1-15(2)28-14-8-13-25-21(27)17-11-6-7-12-18(17)24-22(25)29-19(20(23)26)16-9-4-3-5-10-16/h3-7,9-12,15,19H,8,13-14H2,1-2H3,(H2,23,26)/t19-/m1/s1. The number of nitrogens with two attached hydrogens (primary N) is 1. The maximum Gasteiger partial charge on any atom is 0.262 e. The molecule has 0 aliphatic carbocycles. The van der Waals surface area contributed by atoms with E-state index in [-0.39, 0.29) is 11.7 Å². The molecule has 1 atom stereocenters. The molecule has 1 heterocycles. The van der Waals surface area contributed by atoms with Gasteiger partial charge < -0.3 is 10.5 Å². The summed E-state index contributed by atoms with van der Waals surface area (Å²) in [7, 11) is 0. The maximum atomic E-state index is 13.1. The molecule has 0 saturated carbocycles. The van der Waals surface area contributed by atoms with Gasteiger partial charge in [-0.2, -0.15) is 0 Å². The molecule has 0 unspecified atom stereocenters. The molecule has 2 N–H and O–H groups in total. The number of benzene rings is 2. The molecule has 3 rings (SSSR count). The minimum Gasteiger partial charge on any atom is -0.379 e. The Morgan fingerprint density at radius 2 is 1.83 bits per heavy atom. The molecule has 1 aromatic heterocycles. The number of thioether (sulfide) groups is 1. The van der Waals surface area contributed by atoms with Crippen molar-refractivity contribution in [1.82, 2.24) is 9.55 Å². The van der Waals surface area contributed by atoms with Crippen LogP contribution in [0.4, 0.5) is 0 Å². The van der Waals surface area contributed by atoms with Crippen molar-refractivity contribution in [1.29, 1.82) is 0 Å². The van der Waals surface area contributed by atoms with E-state index in [0.717, 1.165) is 5.56 Å². The highest BCUT2D eigenvalue weighted by Crippen LogP contribution is 2.34. The number of para-hydroxylation sites is 1. The van der Waals surface area contributed by atoms with Crippen LogP contribution in [0.1, 0.15) is 31.1 Å². The number of carbonyl (C=O) groups is 1. The average molecular weight is 412 g/mol. The molecular weight excluding hydrogens is 386 g/mol. The second-order valence-electron chi connectivity index (χ2n) is 6.95. The summed E-state index contributed by atoms with van der Waals surface area (Å²) in [5, 5.41) is 0.394. The molecule has 0 radical (unpaired) electrons. The Hall–Kier alpha value is -2.64. The summed E-state index contributed by atoms with van der Waals surface area (Å²) >= 11 is 1.21. The summed E-state index contributed by atoms with van der Waals surface area (Å²) in [5.41, 5.74) is 6.93. The minimum atomic E-state index is -0.637. The van der Waals surface area contributed by atoms with Gasteiger partial charge in [-0.25, -0.2) is 4.98 Å². The lowest BCUT2D eigenvalue weighted by Crippen LogP contribution is -2.26. The van der Waals surface area contributed by atoms with Crippen LogP contribution in [-0.4, -0.2) is 28.2 Å². The summed E-state index contributed by atoms with van der Waals surface area (Å²) in [6.07, 6.45) is 0.797. The first-order valence-electron chi connectivity index (χ1n) is 9.59. The molecule has 29 heavy (non-hydrogen) atoms. The monoisotopic (exact) mass is 411 g/mol. The van der Waals surface area contributed by atoms with E-state index in [9.17, 15) is 9.59 Å². The molecular formula is C22H25N3O3S. The number of carbonyl (C=O) groups excluding carboxylic acids is 1. The van der Waals surface area contributed by atoms with E-state index in [1.807, 2.05) is 56.3 Å². The molecule has 0 saturated heterocycles. The zero-order chi connectivity index (χ0) is 20.8. The number of ether oxygens (including phenoxy) is 1. The van der Waals surface area contributed by atoms with Gasteiger partial charge in [0.05, 0.1) is 17.0 Å². The Bertz CT molecular complexity index is 1030. The Kier molecular flexibility index (Phi) is 7.06. The lowest BCUT2D eigenvalue weighted by molar-refractivity contribution is -0.117. The number of amides is 1. The first-order chi connectivity index (χ1) is 14.0. The summed E-state index contributed by atoms with van der Waals surface area (Å²) in [4.78, 5) is 30.0. The lowest BCUT2D eigenvalue weighted by atomic mass is 10.1. The Labute approximate surface area is 174 Å². The van der Waals surface area contributed by atoms with Crippen LogP contribution in [-0.2, 0) is 16.1 Å². The molecule has 2 aromatic carbocycles. The number of hydrogen-bond donors (Lipinski definition) is 1. The SMILES string of the molecule is CC(C)OCCCn1c(S[C@@H](C(N)=O)c2ccccc2)nc2ccccc2c1=O. The van der Waals surface area contributed by atoms with Crippen molar-refractivity contribution in [3.63, 3.8) is 0 Å². The number of aromatic nitrogens is 2. The fourth-order valence-corrected chi connectivity index (χ4v) is 4.07. The first-order valence-corrected chi connectivity index (χ1v) is 10.5. The normalized spacial score (nSPS) is 12.4. The molecule has 152 valence electrons. The van der Waals surface area contributed by atoms with Crippen LogP contribution in [0.25, 0.3) is 10.9 Å². The fraction of sp³-hybridized carbons (Fsp3) is 0.318. The number of hydrogen-bond acceptors (Lipinski definition) is 5. The van der Waals surface area contributed by atoms with E-state index >= 15 is 0 Å². The molecule has 1 amide bonds. The second kappa shape index (κ2) is 9.71. The third-order valence-corrected chi connectivity index (χ3v) is 5.65. The predicted molar refractivity (Wildman–Crippen MR) is 116 cm³/mol. The Balaban J connectivity index is 1.98. The summed E-state index contributed by atoms with van der Waals surface area (Å²) in [6, 6.07) is 16.5. The van der Waals surface area contributed by atoms with Crippen LogP contribution in [0.15, 0.2) is 64.5 Å². The van der Waals surface area contributed by atoms with Gasteiger partial charge in [0.1, 0.15) is 5.25 Å². The van der Waals surface area contributed by atoms with Crippen LogP contribution >= 0.6 is 11.8 Å². The number of primary amides is 1. The van der Waals surface area contributed by atoms with E-state index in [4.69, 9.17) is 10.5 Å². The molecule has 0 spiro atoms. The van der Waals surface area contributed by atoms with Gasteiger partial charge in [0.15, 0.2) is 5.16 Å². The first kappa shape index (κ1) is 21.1. The predicted octanol–water partition coefficient (Wildman–Crippen LogP) is 3.53. The molecule has 0 bridgehead atoms. The fourth-order valence-electron chi connectivity index (χ4n) is 3.00. The number of nitrogens with zero attached hydrogens (tertiary/aromatic N) is 2. The van der Waals surface area contributed by atoms with Crippen molar-refractivity contribution < 1.29 is 9.53 Å². The molecule has 3 aromatic rings. The molecule has 0 aliphatic heterocycles. The summed E-state index contributed by atoms with van der Waals surface area (Å²) < 4.78 is 7.22. The molecule has 6 nitrogen and oxygen atoms in total. The lowest BCUT2D eigenvalue weighted by Gasteiger charge is -2.17. The van der Waals surface area contributed by atoms with Gasteiger partial charge in [0.2, 0.25) is 5.91 Å². The number of rotatable bonds is 9. The smallest absolute Gasteiger partial charge is 0.262 e. The minimum absolute atomic E-state index is 0.126. The Morgan fingerprint density at radius 1 is 1.14 bits per heavy atom. The van der Waals surface area contributed by atoms with Crippen LogP contribution in [0.5, 0.6) is 0 Å². The van der Waals surface area contributed by atoms with E-state index in [2.05, 4.69) is 4.98 Å². The van der Waals surface area contributed by atoms with E-state index in [1.54, 1.807) is 16.7 Å². The second-order valence-corrected chi connectivity index (χ2v) is 8.02. The van der Waals surface area contributed by atoms with Crippen LogP contribution in [0, 0.1) is 0 Å². The van der Waals surface area contributed by atoms with Gasteiger partial charge in [-0.1, -0.05) is 54.2 Å². The highest BCUT2D eigenvalue weighted by molar-refractivity contribution is 8.00. The van der Waals surface area contributed by atoms with Gasteiger partial charge in [0, 0.05) is 13.2 Å². The van der Waals surface area contributed by atoms with Crippen LogP contribution in [0.2, 0.25) is 0 Å². The average Bonchev–Trinajstić information content (AvgIpc) is 2.71. The van der Waals surface area contributed by atoms with Crippen LogP contribution < -0.4 is 11.3 Å². The van der Waals surface area contributed by atoms with Gasteiger partial charge in [0.25, 0.3) is 5.56 Å². The van der Waals surface area contributed by atoms with E-state index in [0.29, 0.717) is 35.6 Å². The topological polar surface area (TPSA) is 87.2 Å². The van der Waals surface area contributed by atoms with Gasteiger partial charge in [-0.15, -0.1) is 0 Å². The van der Waals surface area contributed by atoms with Gasteiger partial charge in [-0.05, 0) is 38.0 Å². The zero-order valence-electron chi connectivity index (χ0n) is 16.6. The number of fused-ring (bicyclic) bond motifs is 1. The maximum absolute atomic E-state index is 13.1. The third-order valence-electron chi connectivity index (χ3n) is 4.39. The van der Waals surface area contributed by atoms with E-state index < -0.39 is 11.2 Å². The third kappa shape index (κ3) is 5.25. The summed E-state index contributed by atoms with van der Waals surface area (Å²) in [5.74, 6) is -0.474. The van der Waals surface area contributed by atoms with Crippen molar-refractivity contribution in [2.75, 3.05) is 6.61 Å². The van der Waals surface area contributed by atoms with E-state index in [1.165, 1.54) is 11.8 Å². The summed E-state index contributed by atoms with van der Waals surface area (Å²) in [6.45, 7) is 4.94. The Morgan fingerprint density at radius 3 is 2.52 bits per heavy atom. The largest absolute Gasteiger partial charge is 0.379 e. The van der Waals surface area contributed by atoms with Gasteiger partial charge in [-0.3, -0.25) is 14.2 Å². The van der Waals surface area contributed by atoms with Crippen molar-refractivity contribution in [3.8, 4) is 0 Å². The highest BCUT2D eigenvalue weighted by atomic mass is 32.2. The molecule has 0 aliphatic rings. The van der Waals surface area contributed by atoms with Gasteiger partial charge >= 0.3 is 0 Å². The van der Waals surface area contributed by atoms with Crippen molar-refractivity contribution in [3.05, 3.63) is 70.5 Å². The van der Waals surface area contributed by atoms with Crippen molar-refractivity contribution in [2.45, 2.75) is 43.3 Å².